The summed E-state index contributed by atoms with van der Waals surface area (Å²) >= 11 is 0. The first-order chi connectivity index (χ1) is 17.9. The topological polar surface area (TPSA) is 133 Å². The molecule has 2 aromatic rings. The summed E-state index contributed by atoms with van der Waals surface area (Å²) in [5.41, 5.74) is 0.912. The number of anilines is 1. The molecule has 0 aliphatic carbocycles. The summed E-state index contributed by atoms with van der Waals surface area (Å²) in [7, 11) is -4.48. The number of amides is 1. The zero-order valence-electron chi connectivity index (χ0n) is 23.7. The van der Waals surface area contributed by atoms with Crippen LogP contribution in [0.3, 0.4) is 0 Å². The fourth-order valence-corrected chi connectivity index (χ4v) is 4.60. The minimum Gasteiger partial charge on any atom is -0.507 e. The highest BCUT2D eigenvalue weighted by molar-refractivity contribution is 7.82. The summed E-state index contributed by atoms with van der Waals surface area (Å²) < 4.78 is 45.7. The average molecular weight is 563 g/mol. The van der Waals surface area contributed by atoms with Gasteiger partial charge in [-0.25, -0.2) is 9.08 Å². The summed E-state index contributed by atoms with van der Waals surface area (Å²) in [6.07, 6.45) is 1.76. The van der Waals surface area contributed by atoms with E-state index in [9.17, 15) is 18.3 Å². The molecule has 0 fully saturated rings. The molecule has 0 saturated heterocycles. The highest BCUT2D eigenvalue weighted by atomic mass is 32.3. The normalized spacial score (nSPS) is 15.3. The number of carbonyl (C=O) groups is 1. The predicted molar refractivity (Wildman–Crippen MR) is 149 cm³/mol. The molecule has 39 heavy (non-hydrogen) atoms. The Morgan fingerprint density at radius 2 is 1.64 bits per heavy atom. The minimum atomic E-state index is -4.48. The van der Waals surface area contributed by atoms with E-state index in [0.29, 0.717) is 42.0 Å². The summed E-state index contributed by atoms with van der Waals surface area (Å²) in [5, 5.41) is 17.0. The second kappa shape index (κ2) is 11.0. The van der Waals surface area contributed by atoms with E-state index in [1.165, 1.54) is 18.3 Å². The maximum atomic E-state index is 12.4. The molecule has 3 rings (SSSR count). The Kier molecular flexibility index (Phi) is 8.45. The molecule has 0 saturated carbocycles. The lowest BCUT2D eigenvalue weighted by atomic mass is 9.79. The van der Waals surface area contributed by atoms with Crippen LogP contribution in [0.15, 0.2) is 35.5 Å². The highest BCUT2D eigenvalue weighted by Crippen LogP contribution is 2.42. The van der Waals surface area contributed by atoms with Gasteiger partial charge in [-0.05, 0) is 67.9 Å². The first-order valence-corrected chi connectivity index (χ1v) is 14.0. The second-order valence-corrected chi connectivity index (χ2v) is 13.1. The van der Waals surface area contributed by atoms with Crippen molar-refractivity contribution >= 4 is 28.4 Å². The van der Waals surface area contributed by atoms with Crippen LogP contribution in [0.4, 0.5) is 10.5 Å². The number of fused-ring (bicyclic) bond motifs is 1. The van der Waals surface area contributed by atoms with Crippen molar-refractivity contribution < 1.29 is 36.3 Å². The Balaban J connectivity index is 1.54. The third kappa shape index (κ3) is 7.78. The second-order valence-electron chi connectivity index (χ2n) is 11.9. The number of rotatable bonds is 9. The molecule has 2 N–H and O–H groups in total. The van der Waals surface area contributed by atoms with Crippen molar-refractivity contribution in [3.8, 4) is 17.2 Å². The number of cyclic esters (lactones) is 1. The van der Waals surface area contributed by atoms with E-state index in [1.54, 1.807) is 26.0 Å². The van der Waals surface area contributed by atoms with Gasteiger partial charge in [-0.15, -0.1) is 8.42 Å². The van der Waals surface area contributed by atoms with Crippen molar-refractivity contribution in [3.63, 3.8) is 0 Å². The van der Waals surface area contributed by atoms with Gasteiger partial charge < -0.3 is 18.8 Å². The van der Waals surface area contributed by atoms with Crippen LogP contribution in [0.1, 0.15) is 84.9 Å². The van der Waals surface area contributed by atoms with Crippen LogP contribution in [-0.4, -0.2) is 32.4 Å². The largest absolute Gasteiger partial charge is 0.521 e. The van der Waals surface area contributed by atoms with Crippen LogP contribution in [0, 0.1) is 0 Å². The van der Waals surface area contributed by atoms with Gasteiger partial charge in [-0.2, -0.15) is 0 Å². The van der Waals surface area contributed by atoms with E-state index in [1.807, 2.05) is 47.6 Å². The van der Waals surface area contributed by atoms with Gasteiger partial charge in [0.25, 0.3) is 0 Å². The zero-order chi connectivity index (χ0) is 29.2. The molecule has 2 aromatic carbocycles. The summed E-state index contributed by atoms with van der Waals surface area (Å²) in [6, 6.07) is 8.31. The third-order valence-electron chi connectivity index (χ3n) is 6.08. The van der Waals surface area contributed by atoms with Gasteiger partial charge in [0.15, 0.2) is 0 Å². The monoisotopic (exact) mass is 562 g/mol. The number of oxime groups is 1. The molecule has 1 aliphatic rings. The van der Waals surface area contributed by atoms with Gasteiger partial charge in [0.1, 0.15) is 22.8 Å². The SMILES string of the molecule is CC(C)(C)c1cc(OS(=O)(=O)ON=CCCCOc2ccc3c(c2)C(C)(C)OC(=O)N3)cc(C(C)(C)C)c1O. The van der Waals surface area contributed by atoms with Gasteiger partial charge in [-0.3, -0.25) is 5.32 Å². The summed E-state index contributed by atoms with van der Waals surface area (Å²) in [5.74, 6) is 0.758. The number of aromatic hydroxyl groups is 1. The first-order valence-electron chi connectivity index (χ1n) is 12.7. The van der Waals surface area contributed by atoms with E-state index >= 15 is 0 Å². The molecule has 0 bridgehead atoms. The Labute approximate surface area is 230 Å². The first kappa shape index (κ1) is 30.1. The van der Waals surface area contributed by atoms with Crippen LogP contribution in [0.2, 0.25) is 0 Å². The molecule has 0 aromatic heterocycles. The fraction of sp³-hybridized carbons (Fsp3) is 0.500. The molecule has 1 aliphatic heterocycles. The number of phenols is 1. The number of carbonyl (C=O) groups excluding carboxylic acids is 1. The Bertz CT molecular complexity index is 1320. The predicted octanol–water partition coefficient (Wildman–Crippen LogP) is 6.27. The maximum Gasteiger partial charge on any atom is 0.521 e. The van der Waals surface area contributed by atoms with Gasteiger partial charge >= 0.3 is 16.5 Å². The summed E-state index contributed by atoms with van der Waals surface area (Å²) in [6.45, 7) is 15.4. The van der Waals surface area contributed by atoms with Crippen LogP contribution in [0.5, 0.6) is 17.2 Å². The Morgan fingerprint density at radius 1 is 1.03 bits per heavy atom. The van der Waals surface area contributed by atoms with E-state index in [-0.39, 0.29) is 11.5 Å². The van der Waals surface area contributed by atoms with E-state index in [0.717, 1.165) is 5.56 Å². The van der Waals surface area contributed by atoms with Crippen LogP contribution < -0.4 is 14.2 Å². The Morgan fingerprint density at radius 3 is 2.23 bits per heavy atom. The number of phenolic OH excluding ortho intramolecular Hbond substituents is 1. The lowest BCUT2D eigenvalue weighted by molar-refractivity contribution is 0.0418. The standard InChI is InChI=1S/C28H38N2O8S/c1-26(2,3)21-16-19(17-22(24(21)31)27(4,5)6)37-39(33,34)38-29-13-9-10-14-35-18-11-12-23-20(15-18)28(7,8)36-25(32)30-23/h11-13,15-17,31H,9-10,14H2,1-8H3,(H,30,32). The molecule has 11 heteroatoms. The zero-order valence-corrected chi connectivity index (χ0v) is 24.6. The van der Waals surface area contributed by atoms with Gasteiger partial charge in [0.05, 0.1) is 12.3 Å². The van der Waals surface area contributed by atoms with Crippen molar-refractivity contribution in [2.75, 3.05) is 11.9 Å². The number of nitrogens with one attached hydrogen (secondary N) is 1. The van der Waals surface area contributed by atoms with E-state index < -0.39 is 32.9 Å². The maximum absolute atomic E-state index is 12.4. The number of unbranched alkanes of at least 4 members (excludes halogenated alkanes) is 1. The average Bonchev–Trinajstić information content (AvgIpc) is 2.77. The van der Waals surface area contributed by atoms with Crippen LogP contribution in [0.25, 0.3) is 0 Å². The molecule has 0 atom stereocenters. The molecule has 1 heterocycles. The summed E-state index contributed by atoms with van der Waals surface area (Å²) in [4.78, 5) is 11.6. The van der Waals surface area contributed by atoms with Crippen molar-refractivity contribution in [2.45, 2.75) is 84.7 Å². The van der Waals surface area contributed by atoms with Gasteiger partial charge in [-0.1, -0.05) is 46.7 Å². The molecule has 214 valence electrons. The highest BCUT2D eigenvalue weighted by Gasteiger charge is 2.33. The van der Waals surface area contributed by atoms with Crippen molar-refractivity contribution in [3.05, 3.63) is 47.0 Å². The number of benzene rings is 2. The Hall–Kier alpha value is -3.47. The number of ether oxygens (including phenoxy) is 2. The molecule has 0 radical (unpaired) electrons. The molecular formula is C28H38N2O8S. The molecule has 0 spiro atoms. The van der Waals surface area contributed by atoms with Crippen molar-refractivity contribution in [1.29, 1.82) is 0 Å². The third-order valence-corrected chi connectivity index (χ3v) is 6.74. The lowest BCUT2D eigenvalue weighted by Crippen LogP contribution is -2.34. The van der Waals surface area contributed by atoms with Crippen LogP contribution >= 0.6 is 0 Å². The van der Waals surface area contributed by atoms with Crippen molar-refractivity contribution in [2.24, 2.45) is 5.16 Å². The van der Waals surface area contributed by atoms with E-state index in [2.05, 4.69) is 14.8 Å². The van der Waals surface area contributed by atoms with Crippen LogP contribution in [-0.2, 0) is 35.9 Å². The van der Waals surface area contributed by atoms with Gasteiger partial charge in [0, 0.05) is 22.9 Å². The quantitative estimate of drug-likeness (QED) is 0.208. The van der Waals surface area contributed by atoms with E-state index in [4.69, 9.17) is 13.7 Å². The fourth-order valence-electron chi connectivity index (χ4n) is 4.08. The number of hydrogen-bond donors (Lipinski definition) is 2. The van der Waals surface area contributed by atoms with Gasteiger partial charge in [0.2, 0.25) is 0 Å². The van der Waals surface area contributed by atoms with Crippen molar-refractivity contribution in [1.82, 2.24) is 0 Å². The smallest absolute Gasteiger partial charge is 0.507 e. The number of nitrogens with zero attached hydrogens (tertiary/aromatic N) is 1. The molecule has 10 nitrogen and oxygen atoms in total. The molecular weight excluding hydrogens is 524 g/mol. The molecule has 1 amide bonds. The minimum absolute atomic E-state index is 0.0319. The number of hydrogen-bond acceptors (Lipinski definition) is 9. The molecule has 0 unspecified atom stereocenters. The lowest BCUT2D eigenvalue weighted by Gasteiger charge is -2.32.